The van der Waals surface area contributed by atoms with E-state index in [2.05, 4.69) is 18.9 Å². The minimum absolute atomic E-state index is 0.0634. The fourth-order valence-corrected chi connectivity index (χ4v) is 4.68. The molecule has 4 nitrogen and oxygen atoms in total. The van der Waals surface area contributed by atoms with Crippen molar-refractivity contribution in [1.29, 1.82) is 0 Å². The Morgan fingerprint density at radius 1 is 0.380 bits per heavy atom. The summed E-state index contributed by atoms with van der Waals surface area (Å²) in [6, 6.07) is 0. The molecule has 0 bridgehead atoms. The average Bonchev–Trinajstić information content (AvgIpc) is 3.23. The highest BCUT2D eigenvalue weighted by Gasteiger charge is 2.84. The number of alkyl halides is 17. The molecule has 0 fully saturated rings. The minimum atomic E-state index is -6.11. The number of halogens is 19. The van der Waals surface area contributed by atoms with Crippen molar-refractivity contribution in [2.75, 3.05) is 26.4 Å². The van der Waals surface area contributed by atoms with Gasteiger partial charge in [0.15, 0.2) is 5.76 Å². The lowest BCUT2D eigenvalue weighted by atomic mass is 10.1. The highest BCUT2D eigenvalue weighted by molar-refractivity contribution is 5.35. The lowest BCUT2D eigenvalue weighted by molar-refractivity contribution is -0.276. The third-order valence-electron chi connectivity index (χ3n) is 7.65. The maximum atomic E-state index is 14.3. The molecule has 3 aliphatic carbocycles. The van der Waals surface area contributed by atoms with E-state index in [1.165, 1.54) is 0 Å². The van der Waals surface area contributed by atoms with Gasteiger partial charge in [0.05, 0.1) is 26.4 Å². The maximum absolute atomic E-state index is 14.3. The number of allylic oxidation sites excluding steroid dienone is 6. The molecule has 0 saturated heterocycles. The highest BCUT2D eigenvalue weighted by Crippen LogP contribution is 2.61. The number of ether oxygens (including phenoxy) is 4. The lowest BCUT2D eigenvalue weighted by Crippen LogP contribution is -2.49. The van der Waals surface area contributed by atoms with Crippen LogP contribution in [-0.2, 0) is 18.9 Å². The zero-order chi connectivity index (χ0) is 38.4. The minimum Gasteiger partial charge on any atom is -0.492 e. The number of unbranched alkanes of at least 4 members (excludes halogenated alkanes) is 6. The van der Waals surface area contributed by atoms with Gasteiger partial charge in [0, 0.05) is 0 Å². The van der Waals surface area contributed by atoms with Crippen molar-refractivity contribution in [1.82, 2.24) is 0 Å². The van der Waals surface area contributed by atoms with Gasteiger partial charge in [0.25, 0.3) is 0 Å². The Morgan fingerprint density at radius 3 is 1.02 bits per heavy atom. The SMILES string of the molecule is FC1=C(OCCCCCCOC2=C(OCCCCCCOC3=C(F)C(F)(F)C(F)(F)C3(F)F)C(F)(F)C(F)(F)C2(F)F)C(F)C(F)(F)C1(F)F. The molecule has 0 saturated carbocycles. The Hall–Kier alpha value is -2.91. The van der Waals surface area contributed by atoms with Crippen LogP contribution in [0.1, 0.15) is 51.4 Å². The van der Waals surface area contributed by atoms with E-state index in [4.69, 9.17) is 0 Å². The average molecular weight is 774 g/mol. The Morgan fingerprint density at radius 2 is 0.700 bits per heavy atom. The van der Waals surface area contributed by atoms with E-state index in [9.17, 15) is 83.4 Å². The first-order valence-electron chi connectivity index (χ1n) is 14.4. The summed E-state index contributed by atoms with van der Waals surface area (Å²) >= 11 is 0. The Bertz CT molecular complexity index is 1340. The van der Waals surface area contributed by atoms with Crippen molar-refractivity contribution >= 4 is 0 Å². The van der Waals surface area contributed by atoms with Crippen LogP contribution in [0.5, 0.6) is 0 Å². The van der Waals surface area contributed by atoms with Crippen molar-refractivity contribution in [2.24, 2.45) is 0 Å². The van der Waals surface area contributed by atoms with E-state index < -0.39 is 121 Å². The van der Waals surface area contributed by atoms with Crippen LogP contribution in [-0.4, -0.2) is 80.0 Å². The molecule has 0 amide bonds. The predicted molar refractivity (Wildman–Crippen MR) is 129 cm³/mol. The summed E-state index contributed by atoms with van der Waals surface area (Å²) in [7, 11) is 0. The van der Waals surface area contributed by atoms with Gasteiger partial charge in [-0.25, -0.2) is 13.2 Å². The van der Waals surface area contributed by atoms with Crippen LogP contribution in [0.2, 0.25) is 0 Å². The molecular formula is C27H25F19O4. The van der Waals surface area contributed by atoms with Gasteiger partial charge in [-0.1, -0.05) is 0 Å². The van der Waals surface area contributed by atoms with Gasteiger partial charge in [-0.05, 0) is 51.4 Å². The standard InChI is InChI=1S/C27H25F19O4/c28-14-13(15(29)21(33,34)20(14,31)32)47-9-5-1-2-7-11-49-18-19(25(41,42)27(45,46)24(18,39)40)50-12-8-4-3-6-10-48-17-16(30)22(35,36)26(43,44)23(17,37)38/h14H,1-12H2. The normalized spacial score (nSPS) is 26.5. The molecule has 0 radical (unpaired) electrons. The molecule has 1 unspecified atom stereocenters. The molecule has 50 heavy (non-hydrogen) atoms. The molecule has 0 aromatic heterocycles. The van der Waals surface area contributed by atoms with E-state index in [0.29, 0.717) is 0 Å². The van der Waals surface area contributed by atoms with E-state index in [1.807, 2.05) is 0 Å². The second-order valence-electron chi connectivity index (χ2n) is 11.2. The van der Waals surface area contributed by atoms with E-state index >= 15 is 0 Å². The summed E-state index contributed by atoms with van der Waals surface area (Å²) < 4.78 is 275. The lowest BCUT2D eigenvalue weighted by Gasteiger charge is -2.24. The van der Waals surface area contributed by atoms with Gasteiger partial charge in [-0.2, -0.15) is 70.2 Å². The van der Waals surface area contributed by atoms with E-state index in [1.54, 1.807) is 0 Å². The molecule has 0 spiro atoms. The summed E-state index contributed by atoms with van der Waals surface area (Å²) in [6.07, 6.45) is -5.57. The van der Waals surface area contributed by atoms with Crippen molar-refractivity contribution in [3.8, 4) is 0 Å². The van der Waals surface area contributed by atoms with Crippen LogP contribution in [0.4, 0.5) is 83.4 Å². The predicted octanol–water partition coefficient (Wildman–Crippen LogP) is 10.2. The molecule has 3 aliphatic rings. The first kappa shape index (κ1) is 41.5. The van der Waals surface area contributed by atoms with Gasteiger partial charge < -0.3 is 18.9 Å². The first-order chi connectivity index (χ1) is 22.7. The molecular weight excluding hydrogens is 749 g/mol. The van der Waals surface area contributed by atoms with Gasteiger partial charge in [0.1, 0.15) is 0 Å². The summed E-state index contributed by atoms with van der Waals surface area (Å²) in [5.74, 6) is -60.6. The largest absolute Gasteiger partial charge is 0.492 e. The van der Waals surface area contributed by atoms with Gasteiger partial charge in [-0.15, -0.1) is 0 Å². The number of hydrogen-bond donors (Lipinski definition) is 0. The molecule has 1 atom stereocenters. The summed E-state index contributed by atoms with van der Waals surface area (Å²) in [6.45, 7) is -3.59. The summed E-state index contributed by atoms with van der Waals surface area (Å²) in [5.41, 5.74) is 0. The second-order valence-corrected chi connectivity index (χ2v) is 11.2. The van der Waals surface area contributed by atoms with Gasteiger partial charge in [-0.3, -0.25) is 0 Å². The topological polar surface area (TPSA) is 36.9 Å². The first-order valence-corrected chi connectivity index (χ1v) is 14.4. The van der Waals surface area contributed by atoms with Gasteiger partial charge >= 0.3 is 47.4 Å². The molecule has 0 aromatic carbocycles. The quantitative estimate of drug-likeness (QED) is 0.103. The van der Waals surface area contributed by atoms with Crippen LogP contribution in [0, 0.1) is 0 Å². The number of hydrogen-bond acceptors (Lipinski definition) is 4. The fraction of sp³-hybridized carbons (Fsp3) is 0.778. The van der Waals surface area contributed by atoms with Crippen molar-refractivity contribution in [3.63, 3.8) is 0 Å². The Kier molecular flexibility index (Phi) is 11.5. The third-order valence-corrected chi connectivity index (χ3v) is 7.65. The monoisotopic (exact) mass is 774 g/mol. The summed E-state index contributed by atoms with van der Waals surface area (Å²) in [4.78, 5) is 0. The number of rotatable bonds is 18. The van der Waals surface area contributed by atoms with E-state index in [-0.39, 0.29) is 44.9 Å². The summed E-state index contributed by atoms with van der Waals surface area (Å²) in [5, 5.41) is 0. The molecule has 0 aromatic rings. The Balaban J connectivity index is 1.44. The molecule has 290 valence electrons. The molecule has 3 rings (SSSR count). The van der Waals surface area contributed by atoms with Crippen molar-refractivity contribution in [2.45, 2.75) is 105 Å². The van der Waals surface area contributed by atoms with Crippen molar-refractivity contribution in [3.05, 3.63) is 34.7 Å². The van der Waals surface area contributed by atoms with Gasteiger partial charge in [0.2, 0.25) is 35.1 Å². The van der Waals surface area contributed by atoms with Crippen LogP contribution in [0.25, 0.3) is 0 Å². The van der Waals surface area contributed by atoms with E-state index in [0.717, 1.165) is 0 Å². The van der Waals surface area contributed by atoms with Crippen LogP contribution >= 0.6 is 0 Å². The smallest absolute Gasteiger partial charge is 0.387 e. The maximum Gasteiger partial charge on any atom is 0.387 e. The molecule has 0 aliphatic heterocycles. The van der Waals surface area contributed by atoms with Crippen LogP contribution in [0.15, 0.2) is 34.7 Å². The zero-order valence-corrected chi connectivity index (χ0v) is 24.9. The molecule has 23 heteroatoms. The fourth-order valence-electron chi connectivity index (χ4n) is 4.68. The van der Waals surface area contributed by atoms with Crippen molar-refractivity contribution < 1.29 is 102 Å². The Labute approximate surface area is 269 Å². The highest BCUT2D eigenvalue weighted by atomic mass is 19.4. The molecule has 0 N–H and O–H groups in total. The zero-order valence-electron chi connectivity index (χ0n) is 24.9. The third kappa shape index (κ3) is 6.50. The molecule has 0 heterocycles. The van der Waals surface area contributed by atoms with Crippen LogP contribution in [0.3, 0.4) is 0 Å². The van der Waals surface area contributed by atoms with Crippen LogP contribution < -0.4 is 0 Å². The second kappa shape index (κ2) is 13.9.